The van der Waals surface area contributed by atoms with Crippen LogP contribution in [0.3, 0.4) is 0 Å². The number of nitrogens with one attached hydrogen (secondary N) is 1. The Labute approximate surface area is 115 Å². The first kappa shape index (κ1) is 12.2. The van der Waals surface area contributed by atoms with Crippen LogP contribution in [0.4, 0.5) is 11.4 Å². The molecular formula is C14H13N3OS. The van der Waals surface area contributed by atoms with Gasteiger partial charge in [-0.2, -0.15) is 0 Å². The summed E-state index contributed by atoms with van der Waals surface area (Å²) in [6.45, 7) is 0.104. The quantitative estimate of drug-likeness (QED) is 0.650. The number of hydrazine groups is 1. The Bertz CT molecular complexity index is 584. The first-order valence-corrected chi connectivity index (χ1v) is 6.75. The molecule has 4 nitrogen and oxygen atoms in total. The molecule has 3 rings (SSSR count). The predicted octanol–water partition coefficient (Wildman–Crippen LogP) is 2.28. The van der Waals surface area contributed by atoms with Gasteiger partial charge in [-0.05, 0) is 24.3 Å². The van der Waals surface area contributed by atoms with E-state index >= 15 is 0 Å². The van der Waals surface area contributed by atoms with Gasteiger partial charge >= 0.3 is 0 Å². The van der Waals surface area contributed by atoms with Crippen molar-refractivity contribution >= 4 is 29.0 Å². The van der Waals surface area contributed by atoms with Crippen LogP contribution < -0.4 is 16.2 Å². The van der Waals surface area contributed by atoms with Gasteiger partial charge in [-0.3, -0.25) is 21.0 Å². The van der Waals surface area contributed by atoms with Crippen LogP contribution in [0.1, 0.15) is 0 Å². The molecule has 0 aliphatic carbocycles. The van der Waals surface area contributed by atoms with Gasteiger partial charge in [-0.25, -0.2) is 0 Å². The second kappa shape index (κ2) is 5.05. The van der Waals surface area contributed by atoms with Crippen LogP contribution in [0.15, 0.2) is 58.3 Å². The molecule has 19 heavy (non-hydrogen) atoms. The summed E-state index contributed by atoms with van der Waals surface area (Å²) in [6, 6.07) is 15.8. The van der Waals surface area contributed by atoms with Crippen molar-refractivity contribution in [3.63, 3.8) is 0 Å². The minimum absolute atomic E-state index is 0.0669. The third-order valence-electron chi connectivity index (χ3n) is 2.93. The summed E-state index contributed by atoms with van der Waals surface area (Å²) in [4.78, 5) is 16.2. The van der Waals surface area contributed by atoms with Crippen LogP contribution in [-0.4, -0.2) is 12.5 Å². The number of hydrogen-bond acceptors (Lipinski definition) is 4. The molecule has 2 aromatic rings. The maximum Gasteiger partial charge on any atom is 0.246 e. The fourth-order valence-electron chi connectivity index (χ4n) is 2.14. The average molecular weight is 271 g/mol. The van der Waals surface area contributed by atoms with E-state index in [1.807, 2.05) is 48.5 Å². The third-order valence-corrected chi connectivity index (χ3v) is 4.07. The molecule has 3 N–H and O–H groups in total. The molecule has 0 atom stereocenters. The molecule has 1 aliphatic rings. The maximum atomic E-state index is 12.3. The van der Waals surface area contributed by atoms with Crippen LogP contribution in [0.5, 0.6) is 0 Å². The summed E-state index contributed by atoms with van der Waals surface area (Å²) in [5.74, 6) is 5.21. The van der Waals surface area contributed by atoms with Crippen molar-refractivity contribution in [1.82, 2.24) is 5.43 Å². The molecule has 1 aliphatic heterocycles. The summed E-state index contributed by atoms with van der Waals surface area (Å²) in [7, 11) is 0. The summed E-state index contributed by atoms with van der Waals surface area (Å²) in [5.41, 5.74) is 4.25. The summed E-state index contributed by atoms with van der Waals surface area (Å²) in [5, 5.41) is 0. The largest absolute Gasteiger partial charge is 0.278 e. The lowest BCUT2D eigenvalue weighted by Crippen LogP contribution is -2.39. The monoisotopic (exact) mass is 271 g/mol. The van der Waals surface area contributed by atoms with E-state index in [1.54, 1.807) is 16.7 Å². The van der Waals surface area contributed by atoms with E-state index in [4.69, 9.17) is 5.84 Å². The molecule has 0 aromatic heterocycles. The second-order valence-electron chi connectivity index (χ2n) is 4.15. The van der Waals surface area contributed by atoms with Crippen LogP contribution in [0.25, 0.3) is 0 Å². The van der Waals surface area contributed by atoms with E-state index in [0.29, 0.717) is 0 Å². The Balaban J connectivity index is 2.14. The maximum absolute atomic E-state index is 12.3. The molecule has 96 valence electrons. The van der Waals surface area contributed by atoms with Crippen molar-refractivity contribution in [1.29, 1.82) is 0 Å². The van der Waals surface area contributed by atoms with Gasteiger partial charge in [0.15, 0.2) is 0 Å². The van der Waals surface area contributed by atoms with Crippen LogP contribution in [0, 0.1) is 0 Å². The standard InChI is InChI=1S/C14H13N3OS/c15-16-9-14(18)17-10-5-1-3-7-12(10)19-13-8-4-2-6-11(13)17/h1-8,16H,9,15H2. The first-order valence-electron chi connectivity index (χ1n) is 5.93. The van der Waals surface area contributed by atoms with Crippen molar-refractivity contribution in [2.75, 3.05) is 11.4 Å². The van der Waals surface area contributed by atoms with Crippen LogP contribution in [0.2, 0.25) is 0 Å². The number of hydrogen-bond donors (Lipinski definition) is 2. The Morgan fingerprint density at radius 2 is 1.58 bits per heavy atom. The van der Waals surface area contributed by atoms with E-state index in [9.17, 15) is 4.79 Å². The molecule has 0 bridgehead atoms. The number of benzene rings is 2. The molecule has 0 fully saturated rings. The number of nitrogens with zero attached hydrogens (tertiary/aromatic N) is 1. The topological polar surface area (TPSA) is 58.4 Å². The minimum Gasteiger partial charge on any atom is -0.278 e. The summed E-state index contributed by atoms with van der Waals surface area (Å²) < 4.78 is 0. The zero-order chi connectivity index (χ0) is 13.2. The number of amides is 1. The van der Waals surface area contributed by atoms with Crippen molar-refractivity contribution in [2.45, 2.75) is 9.79 Å². The smallest absolute Gasteiger partial charge is 0.246 e. The van der Waals surface area contributed by atoms with Crippen molar-refractivity contribution in [3.8, 4) is 0 Å². The predicted molar refractivity (Wildman–Crippen MR) is 76.3 cm³/mol. The van der Waals surface area contributed by atoms with Gasteiger partial charge < -0.3 is 0 Å². The zero-order valence-electron chi connectivity index (χ0n) is 10.2. The number of para-hydroxylation sites is 2. The molecule has 2 aromatic carbocycles. The molecule has 0 saturated carbocycles. The van der Waals surface area contributed by atoms with E-state index in [-0.39, 0.29) is 12.5 Å². The lowest BCUT2D eigenvalue weighted by Gasteiger charge is -2.30. The molecule has 0 saturated heterocycles. The molecular weight excluding hydrogens is 258 g/mol. The first-order chi connectivity index (χ1) is 9.31. The Morgan fingerprint density at radius 1 is 1.05 bits per heavy atom. The van der Waals surface area contributed by atoms with Gasteiger partial charge in [-0.15, -0.1) is 0 Å². The lowest BCUT2D eigenvalue weighted by molar-refractivity contribution is -0.117. The number of anilines is 2. The van der Waals surface area contributed by atoms with Crippen molar-refractivity contribution < 1.29 is 4.79 Å². The third kappa shape index (κ3) is 2.12. The number of rotatable bonds is 2. The zero-order valence-corrected chi connectivity index (χ0v) is 11.0. The van der Waals surface area contributed by atoms with Gasteiger partial charge in [0, 0.05) is 9.79 Å². The highest BCUT2D eigenvalue weighted by molar-refractivity contribution is 7.99. The molecule has 1 amide bonds. The normalized spacial score (nSPS) is 12.8. The van der Waals surface area contributed by atoms with Crippen LogP contribution in [-0.2, 0) is 4.79 Å². The number of carbonyl (C=O) groups is 1. The molecule has 5 heteroatoms. The molecule has 1 heterocycles. The fraction of sp³-hybridized carbons (Fsp3) is 0.0714. The van der Waals surface area contributed by atoms with Crippen molar-refractivity contribution in [3.05, 3.63) is 48.5 Å². The van der Waals surface area contributed by atoms with Gasteiger partial charge in [0.1, 0.15) is 0 Å². The van der Waals surface area contributed by atoms with E-state index in [0.717, 1.165) is 21.2 Å². The Kier molecular flexibility index (Phi) is 3.25. The van der Waals surface area contributed by atoms with Crippen LogP contribution >= 0.6 is 11.8 Å². The molecule has 0 spiro atoms. The molecule has 0 radical (unpaired) electrons. The van der Waals surface area contributed by atoms with E-state index in [2.05, 4.69) is 5.43 Å². The second-order valence-corrected chi connectivity index (χ2v) is 5.23. The highest BCUT2D eigenvalue weighted by Crippen LogP contribution is 2.47. The number of nitrogens with two attached hydrogens (primary N) is 1. The minimum atomic E-state index is -0.0669. The van der Waals surface area contributed by atoms with Gasteiger partial charge in [0.05, 0.1) is 17.9 Å². The number of carbonyl (C=O) groups excluding carboxylic acids is 1. The highest BCUT2D eigenvalue weighted by atomic mass is 32.2. The highest BCUT2D eigenvalue weighted by Gasteiger charge is 2.27. The number of fused-ring (bicyclic) bond motifs is 2. The fourth-order valence-corrected chi connectivity index (χ4v) is 3.20. The van der Waals surface area contributed by atoms with Crippen molar-refractivity contribution in [2.24, 2.45) is 5.84 Å². The van der Waals surface area contributed by atoms with Gasteiger partial charge in [-0.1, -0.05) is 36.0 Å². The molecule has 0 unspecified atom stereocenters. The lowest BCUT2D eigenvalue weighted by atomic mass is 10.2. The average Bonchev–Trinajstić information content (AvgIpc) is 2.44. The Hall–Kier alpha value is -1.82. The SMILES string of the molecule is NNCC(=O)N1c2ccccc2Sc2ccccc21. The Morgan fingerprint density at radius 3 is 2.11 bits per heavy atom. The van der Waals surface area contributed by atoms with E-state index in [1.165, 1.54) is 0 Å². The van der Waals surface area contributed by atoms with E-state index < -0.39 is 0 Å². The van der Waals surface area contributed by atoms with Gasteiger partial charge in [0.25, 0.3) is 0 Å². The summed E-state index contributed by atoms with van der Waals surface area (Å²) >= 11 is 1.68. The van der Waals surface area contributed by atoms with Gasteiger partial charge in [0.2, 0.25) is 5.91 Å². The summed E-state index contributed by atoms with van der Waals surface area (Å²) in [6.07, 6.45) is 0.